The van der Waals surface area contributed by atoms with Crippen molar-refractivity contribution >= 4 is 17.7 Å². The topological polar surface area (TPSA) is 107 Å². The number of Topliss-reactive ketones (excluding diaryl/α,β-unsaturated/α-hetero) is 1. The lowest BCUT2D eigenvalue weighted by atomic mass is 10.0. The number of hydrogen-bond donors (Lipinski definition) is 0. The number of ether oxygens (including phenoxy) is 6. The van der Waals surface area contributed by atoms with Crippen molar-refractivity contribution in [3.05, 3.63) is 71.8 Å². The third kappa shape index (κ3) is 7.23. The van der Waals surface area contributed by atoms with Crippen molar-refractivity contribution < 1.29 is 42.8 Å². The summed E-state index contributed by atoms with van der Waals surface area (Å²) in [6.45, 7) is 5.00. The first kappa shape index (κ1) is 26.9. The van der Waals surface area contributed by atoms with Gasteiger partial charge < -0.3 is 28.4 Å². The van der Waals surface area contributed by atoms with Crippen molar-refractivity contribution in [2.75, 3.05) is 0 Å². The Balaban J connectivity index is 1.46. The fraction of sp³-hybridized carbons (Fsp3) is 0.464. The molecule has 4 rings (SSSR count). The van der Waals surface area contributed by atoms with Crippen LogP contribution in [0.2, 0.25) is 0 Å². The van der Waals surface area contributed by atoms with E-state index < -0.39 is 55.0 Å². The molecule has 2 aliphatic rings. The van der Waals surface area contributed by atoms with E-state index in [1.807, 2.05) is 36.4 Å². The summed E-state index contributed by atoms with van der Waals surface area (Å²) in [5.41, 5.74) is 1.39. The largest absolute Gasteiger partial charge is 0.453 e. The average molecular weight is 513 g/mol. The predicted octanol–water partition coefficient (Wildman–Crippen LogP) is 3.58. The van der Waals surface area contributed by atoms with Gasteiger partial charge in [0.2, 0.25) is 0 Å². The Morgan fingerprint density at radius 1 is 0.892 bits per heavy atom. The summed E-state index contributed by atoms with van der Waals surface area (Å²) >= 11 is 0. The lowest BCUT2D eigenvalue weighted by Crippen LogP contribution is -2.54. The summed E-state index contributed by atoms with van der Waals surface area (Å²) < 4.78 is 35.0. The molecule has 2 aliphatic heterocycles. The van der Waals surface area contributed by atoms with Gasteiger partial charge in [-0.3, -0.25) is 9.59 Å². The van der Waals surface area contributed by atoms with Crippen LogP contribution in [0.5, 0.6) is 0 Å². The van der Waals surface area contributed by atoms with Gasteiger partial charge in [-0.2, -0.15) is 0 Å². The van der Waals surface area contributed by atoms with Crippen LogP contribution in [0.4, 0.5) is 0 Å². The normalized spacial score (nSPS) is 29.9. The fourth-order valence-electron chi connectivity index (χ4n) is 4.46. The van der Waals surface area contributed by atoms with Crippen molar-refractivity contribution in [1.82, 2.24) is 0 Å². The maximum absolute atomic E-state index is 12.8. The van der Waals surface area contributed by atoms with E-state index >= 15 is 0 Å². The number of benzene rings is 2. The second-order valence-electron chi connectivity index (χ2n) is 9.18. The number of carbonyl (C=O) groups is 3. The van der Waals surface area contributed by atoms with E-state index in [2.05, 4.69) is 0 Å². The molecular weight excluding hydrogens is 480 g/mol. The fourth-order valence-corrected chi connectivity index (χ4v) is 4.46. The molecule has 0 bridgehead atoms. The van der Waals surface area contributed by atoms with E-state index in [9.17, 15) is 14.4 Å². The molecule has 2 aromatic rings. The van der Waals surface area contributed by atoms with Gasteiger partial charge in [0.1, 0.15) is 12.2 Å². The summed E-state index contributed by atoms with van der Waals surface area (Å²) in [7, 11) is 0. The molecule has 7 atom stereocenters. The Morgan fingerprint density at radius 2 is 1.54 bits per heavy atom. The second-order valence-corrected chi connectivity index (χ2v) is 9.18. The molecule has 37 heavy (non-hydrogen) atoms. The van der Waals surface area contributed by atoms with E-state index in [1.54, 1.807) is 38.1 Å². The summed E-state index contributed by atoms with van der Waals surface area (Å²) in [4.78, 5) is 36.9. The first-order valence-electron chi connectivity index (χ1n) is 12.4. The van der Waals surface area contributed by atoms with Gasteiger partial charge in [0, 0.05) is 13.3 Å². The molecule has 198 valence electrons. The number of ketones is 1. The highest BCUT2D eigenvalue weighted by Gasteiger charge is 2.45. The van der Waals surface area contributed by atoms with E-state index in [-0.39, 0.29) is 18.6 Å². The van der Waals surface area contributed by atoms with Gasteiger partial charge in [-0.25, -0.2) is 4.79 Å². The van der Waals surface area contributed by atoms with Crippen LogP contribution in [0.1, 0.15) is 49.5 Å². The number of carbonyl (C=O) groups excluding carboxylic acids is 3. The Labute approximate surface area is 215 Å². The van der Waals surface area contributed by atoms with E-state index in [0.29, 0.717) is 12.2 Å². The number of rotatable bonds is 8. The molecule has 2 aromatic carbocycles. The molecule has 0 unspecified atom stereocenters. The molecule has 0 amide bonds. The summed E-state index contributed by atoms with van der Waals surface area (Å²) in [5.74, 6) is -1.37. The Bertz CT molecular complexity index is 1060. The van der Waals surface area contributed by atoms with Crippen molar-refractivity contribution in [3.63, 3.8) is 0 Å². The second kappa shape index (κ2) is 12.4. The molecule has 9 nitrogen and oxygen atoms in total. The molecule has 2 heterocycles. The van der Waals surface area contributed by atoms with Gasteiger partial charge in [0.05, 0.1) is 24.7 Å². The minimum atomic E-state index is -0.986. The SMILES string of the molecule is CC(=O)O[C@H]1C(=O)C[C@H](O[C@@H]2C[C@H](OCc3ccccc3)O[C@H](C)[C@H]2OC(=O)c2ccccc2)O[C@@H]1C. The number of hydrogen-bond acceptors (Lipinski definition) is 9. The lowest BCUT2D eigenvalue weighted by Gasteiger charge is -2.42. The Hall–Kier alpha value is -3.11. The van der Waals surface area contributed by atoms with Crippen molar-refractivity contribution in [3.8, 4) is 0 Å². The minimum absolute atomic E-state index is 0.108. The molecule has 0 aromatic heterocycles. The molecule has 0 saturated carbocycles. The highest BCUT2D eigenvalue weighted by atomic mass is 16.7. The first-order valence-corrected chi connectivity index (χ1v) is 12.4. The van der Waals surface area contributed by atoms with E-state index in [4.69, 9.17) is 28.4 Å². The van der Waals surface area contributed by atoms with Crippen molar-refractivity contribution in [1.29, 1.82) is 0 Å². The van der Waals surface area contributed by atoms with Crippen LogP contribution in [0.25, 0.3) is 0 Å². The van der Waals surface area contributed by atoms with Crippen LogP contribution in [0, 0.1) is 0 Å². The van der Waals surface area contributed by atoms with Gasteiger partial charge in [0.15, 0.2) is 30.6 Å². The molecule has 0 aliphatic carbocycles. The van der Waals surface area contributed by atoms with Crippen molar-refractivity contribution in [2.24, 2.45) is 0 Å². The molecule has 2 fully saturated rings. The minimum Gasteiger partial charge on any atom is -0.453 e. The maximum Gasteiger partial charge on any atom is 0.338 e. The maximum atomic E-state index is 12.8. The number of esters is 2. The average Bonchev–Trinajstić information content (AvgIpc) is 2.88. The van der Waals surface area contributed by atoms with Crippen LogP contribution in [0.15, 0.2) is 60.7 Å². The van der Waals surface area contributed by atoms with Gasteiger partial charge in [0.25, 0.3) is 0 Å². The monoisotopic (exact) mass is 512 g/mol. The molecule has 9 heteroatoms. The van der Waals surface area contributed by atoms with E-state index in [1.165, 1.54) is 6.92 Å². The smallest absolute Gasteiger partial charge is 0.338 e. The Morgan fingerprint density at radius 3 is 2.19 bits per heavy atom. The lowest BCUT2D eigenvalue weighted by molar-refractivity contribution is -0.294. The summed E-state index contributed by atoms with van der Waals surface area (Å²) in [5, 5.41) is 0. The standard InChI is InChI=1S/C28H32O9/c1-17-26(35-19(3)29)22(30)14-25(34-17)36-23-15-24(32-16-20-10-6-4-7-11-20)33-18(2)27(23)37-28(31)21-12-8-5-9-13-21/h4-13,17-18,23-27H,14-16H2,1-3H3/t17-,18-,23-,24-,25+,26-,27-/m1/s1. The first-order chi connectivity index (χ1) is 17.8. The van der Waals surface area contributed by atoms with Gasteiger partial charge in [-0.1, -0.05) is 48.5 Å². The zero-order chi connectivity index (χ0) is 26.4. The summed E-state index contributed by atoms with van der Waals surface area (Å²) in [6, 6.07) is 18.3. The highest BCUT2D eigenvalue weighted by Crippen LogP contribution is 2.31. The predicted molar refractivity (Wildman–Crippen MR) is 130 cm³/mol. The molecule has 0 N–H and O–H groups in total. The third-order valence-electron chi connectivity index (χ3n) is 6.25. The molecular formula is C28H32O9. The quantitative estimate of drug-likeness (QED) is 0.491. The molecule has 0 spiro atoms. The van der Waals surface area contributed by atoms with Crippen LogP contribution >= 0.6 is 0 Å². The van der Waals surface area contributed by atoms with Crippen LogP contribution in [-0.4, -0.2) is 60.8 Å². The van der Waals surface area contributed by atoms with Gasteiger partial charge in [-0.15, -0.1) is 0 Å². The summed E-state index contributed by atoms with van der Waals surface area (Å²) in [6.07, 6.45) is -5.07. The molecule has 2 saturated heterocycles. The third-order valence-corrected chi connectivity index (χ3v) is 6.25. The van der Waals surface area contributed by atoms with Crippen LogP contribution in [0.3, 0.4) is 0 Å². The van der Waals surface area contributed by atoms with Gasteiger partial charge >= 0.3 is 11.9 Å². The Kier molecular flexibility index (Phi) is 9.04. The van der Waals surface area contributed by atoms with Crippen LogP contribution < -0.4 is 0 Å². The zero-order valence-electron chi connectivity index (χ0n) is 21.1. The van der Waals surface area contributed by atoms with E-state index in [0.717, 1.165) is 5.56 Å². The molecule has 0 radical (unpaired) electrons. The van der Waals surface area contributed by atoms with Gasteiger partial charge in [-0.05, 0) is 31.5 Å². The highest BCUT2D eigenvalue weighted by molar-refractivity contribution is 5.89. The van der Waals surface area contributed by atoms with Crippen molar-refractivity contribution in [2.45, 2.75) is 83.3 Å². The van der Waals surface area contributed by atoms with Crippen LogP contribution in [-0.2, 0) is 44.6 Å². The zero-order valence-corrected chi connectivity index (χ0v) is 21.1.